The number of carbonyl (C=O) groups is 1. The first-order valence-electron chi connectivity index (χ1n) is 5.67. The first kappa shape index (κ1) is 13.2. The number of nitrogens with zero attached hydrogens (tertiary/aromatic N) is 5. The zero-order valence-electron chi connectivity index (χ0n) is 11.0. The van der Waals surface area contributed by atoms with Gasteiger partial charge in [-0.2, -0.15) is 5.10 Å². The molecule has 8 nitrogen and oxygen atoms in total. The van der Waals surface area contributed by atoms with Gasteiger partial charge in [0.1, 0.15) is 5.69 Å². The monoisotopic (exact) mass is 265 g/mol. The molecule has 8 heteroatoms. The summed E-state index contributed by atoms with van der Waals surface area (Å²) in [5, 5.41) is 11.9. The molecule has 0 aliphatic rings. The van der Waals surface area contributed by atoms with E-state index >= 15 is 0 Å². The Morgan fingerprint density at radius 3 is 2.79 bits per heavy atom. The molecule has 2 aromatic rings. The van der Waals surface area contributed by atoms with E-state index in [1.165, 1.54) is 7.11 Å². The highest BCUT2D eigenvalue weighted by Gasteiger charge is 2.22. The molecule has 0 saturated heterocycles. The highest BCUT2D eigenvalue weighted by Crippen LogP contribution is 2.22. The van der Waals surface area contributed by atoms with Gasteiger partial charge >= 0.3 is 5.97 Å². The minimum Gasteiger partial charge on any atom is -0.464 e. The summed E-state index contributed by atoms with van der Waals surface area (Å²) >= 11 is 0. The van der Waals surface area contributed by atoms with E-state index in [4.69, 9.17) is 9.47 Å². The van der Waals surface area contributed by atoms with Crippen LogP contribution < -0.4 is 0 Å². The van der Waals surface area contributed by atoms with Crippen LogP contribution in [0.2, 0.25) is 0 Å². The maximum Gasteiger partial charge on any atom is 0.360 e. The van der Waals surface area contributed by atoms with Crippen LogP contribution in [0.4, 0.5) is 0 Å². The molecule has 2 rings (SSSR count). The fourth-order valence-electron chi connectivity index (χ4n) is 1.71. The second-order valence-corrected chi connectivity index (χ2v) is 3.90. The second kappa shape index (κ2) is 5.61. The van der Waals surface area contributed by atoms with Gasteiger partial charge in [-0.05, 0) is 0 Å². The van der Waals surface area contributed by atoms with E-state index in [1.807, 2.05) is 0 Å². The van der Waals surface area contributed by atoms with Gasteiger partial charge in [-0.25, -0.2) is 9.48 Å². The number of aromatic nitrogens is 5. The molecule has 102 valence electrons. The molecule has 0 spiro atoms. The average molecular weight is 265 g/mol. The third-order valence-corrected chi connectivity index (χ3v) is 2.60. The highest BCUT2D eigenvalue weighted by molar-refractivity contribution is 5.93. The summed E-state index contributed by atoms with van der Waals surface area (Å²) in [5.41, 5.74) is 1.51. The molecule has 2 heterocycles. The molecule has 0 saturated carbocycles. The Bertz CT molecular complexity index is 575. The summed E-state index contributed by atoms with van der Waals surface area (Å²) in [5.74, 6) is -0.525. The molecule has 0 N–H and O–H groups in total. The first-order chi connectivity index (χ1) is 9.17. The minimum atomic E-state index is -0.525. The van der Waals surface area contributed by atoms with Crippen molar-refractivity contribution < 1.29 is 14.3 Å². The van der Waals surface area contributed by atoms with E-state index in [1.54, 1.807) is 35.9 Å². The molecule has 0 bridgehead atoms. The maximum absolute atomic E-state index is 11.7. The number of methoxy groups -OCH3 is 2. The van der Waals surface area contributed by atoms with Gasteiger partial charge in [-0.15, -0.1) is 5.10 Å². The fourth-order valence-corrected chi connectivity index (χ4v) is 1.71. The Kier molecular flexibility index (Phi) is 3.91. The van der Waals surface area contributed by atoms with Gasteiger partial charge in [-0.1, -0.05) is 5.21 Å². The van der Waals surface area contributed by atoms with Gasteiger partial charge in [0.2, 0.25) is 0 Å². The van der Waals surface area contributed by atoms with Gasteiger partial charge in [0.05, 0.1) is 26.5 Å². The summed E-state index contributed by atoms with van der Waals surface area (Å²) in [6.45, 7) is 0.960. The number of aryl methyl sites for hydroxylation is 1. The SMILES string of the molecule is COCCn1nnc(C(=O)OC)c1-c1cnn(C)c1. The molecule has 0 atom stereocenters. The minimum absolute atomic E-state index is 0.173. The predicted octanol–water partition coefficient (Wildman–Crippen LogP) is 0.112. The molecule has 0 aliphatic carbocycles. The topological polar surface area (TPSA) is 84.1 Å². The Labute approximate surface area is 109 Å². The standard InChI is InChI=1S/C11H15N5O3/c1-15-7-8(6-12-15)10-9(11(17)19-3)13-14-16(10)4-5-18-2/h6-7H,4-5H2,1-3H3. The van der Waals surface area contributed by atoms with Crippen LogP contribution in [-0.2, 0) is 23.1 Å². The van der Waals surface area contributed by atoms with Crippen LogP contribution in [0.15, 0.2) is 12.4 Å². The summed E-state index contributed by atoms with van der Waals surface area (Å²) in [6, 6.07) is 0. The third kappa shape index (κ3) is 2.63. The van der Waals surface area contributed by atoms with Crippen LogP contribution in [0, 0.1) is 0 Å². The van der Waals surface area contributed by atoms with Crippen molar-refractivity contribution in [2.24, 2.45) is 7.05 Å². The van der Waals surface area contributed by atoms with Crippen molar-refractivity contribution >= 4 is 5.97 Å². The van der Waals surface area contributed by atoms with E-state index in [0.29, 0.717) is 18.8 Å². The number of esters is 1. The molecular formula is C11H15N5O3. The Morgan fingerprint density at radius 1 is 1.42 bits per heavy atom. The molecule has 2 aromatic heterocycles. The normalized spacial score (nSPS) is 10.7. The molecule has 19 heavy (non-hydrogen) atoms. The number of hydrogen-bond acceptors (Lipinski definition) is 6. The number of hydrogen-bond donors (Lipinski definition) is 0. The molecule has 0 fully saturated rings. The Balaban J connectivity index is 2.46. The fraction of sp³-hybridized carbons (Fsp3) is 0.455. The van der Waals surface area contributed by atoms with E-state index < -0.39 is 5.97 Å². The van der Waals surface area contributed by atoms with Gasteiger partial charge in [0, 0.05) is 25.9 Å². The summed E-state index contributed by atoms with van der Waals surface area (Å²) < 4.78 is 13.0. The average Bonchev–Trinajstić information content (AvgIpc) is 3.01. The van der Waals surface area contributed by atoms with Crippen molar-refractivity contribution in [2.75, 3.05) is 20.8 Å². The van der Waals surface area contributed by atoms with E-state index in [2.05, 4.69) is 15.4 Å². The van der Waals surface area contributed by atoms with Gasteiger partial charge in [-0.3, -0.25) is 4.68 Å². The summed E-state index contributed by atoms with van der Waals surface area (Å²) in [6.07, 6.45) is 3.43. The number of rotatable bonds is 5. The van der Waals surface area contributed by atoms with E-state index in [0.717, 1.165) is 5.56 Å². The van der Waals surface area contributed by atoms with Crippen molar-refractivity contribution in [3.05, 3.63) is 18.1 Å². The third-order valence-electron chi connectivity index (χ3n) is 2.60. The van der Waals surface area contributed by atoms with E-state index in [9.17, 15) is 4.79 Å². The van der Waals surface area contributed by atoms with Gasteiger partial charge in [0.15, 0.2) is 5.69 Å². The smallest absolute Gasteiger partial charge is 0.360 e. The van der Waals surface area contributed by atoms with Crippen LogP contribution >= 0.6 is 0 Å². The van der Waals surface area contributed by atoms with Crippen LogP contribution in [0.1, 0.15) is 10.5 Å². The molecular weight excluding hydrogens is 250 g/mol. The zero-order chi connectivity index (χ0) is 13.8. The van der Waals surface area contributed by atoms with Crippen LogP contribution in [0.3, 0.4) is 0 Å². The van der Waals surface area contributed by atoms with E-state index in [-0.39, 0.29) is 5.69 Å². The number of ether oxygens (including phenoxy) is 2. The number of carbonyl (C=O) groups excluding carboxylic acids is 1. The van der Waals surface area contributed by atoms with Crippen molar-refractivity contribution in [1.82, 2.24) is 24.8 Å². The Hall–Kier alpha value is -2.22. The molecule has 0 unspecified atom stereocenters. The second-order valence-electron chi connectivity index (χ2n) is 3.90. The van der Waals surface area contributed by atoms with Crippen LogP contribution in [0.5, 0.6) is 0 Å². The Morgan fingerprint density at radius 2 is 2.21 bits per heavy atom. The lowest BCUT2D eigenvalue weighted by molar-refractivity contribution is 0.0595. The van der Waals surface area contributed by atoms with Crippen molar-refractivity contribution in [3.63, 3.8) is 0 Å². The van der Waals surface area contributed by atoms with Crippen molar-refractivity contribution in [2.45, 2.75) is 6.54 Å². The zero-order valence-corrected chi connectivity index (χ0v) is 11.0. The summed E-state index contributed by atoms with van der Waals surface area (Å²) in [7, 11) is 4.70. The van der Waals surface area contributed by atoms with Crippen molar-refractivity contribution in [1.29, 1.82) is 0 Å². The molecule has 0 aromatic carbocycles. The predicted molar refractivity (Wildman–Crippen MR) is 65.4 cm³/mol. The van der Waals surface area contributed by atoms with Crippen LogP contribution in [0.25, 0.3) is 11.3 Å². The lowest BCUT2D eigenvalue weighted by Gasteiger charge is -2.05. The lowest BCUT2D eigenvalue weighted by atomic mass is 10.2. The maximum atomic E-state index is 11.7. The van der Waals surface area contributed by atoms with Crippen LogP contribution in [-0.4, -0.2) is 51.6 Å². The highest BCUT2D eigenvalue weighted by atomic mass is 16.5. The first-order valence-corrected chi connectivity index (χ1v) is 5.67. The molecule has 0 aliphatic heterocycles. The van der Waals surface area contributed by atoms with Crippen molar-refractivity contribution in [3.8, 4) is 11.3 Å². The van der Waals surface area contributed by atoms with Gasteiger partial charge in [0.25, 0.3) is 0 Å². The molecule has 0 amide bonds. The molecule has 0 radical (unpaired) electrons. The lowest BCUT2D eigenvalue weighted by Crippen LogP contribution is -2.09. The summed E-state index contributed by atoms with van der Waals surface area (Å²) in [4.78, 5) is 11.7. The largest absolute Gasteiger partial charge is 0.464 e. The quantitative estimate of drug-likeness (QED) is 0.713. The van der Waals surface area contributed by atoms with Gasteiger partial charge < -0.3 is 9.47 Å².